The number of sulfonamides is 1. The lowest BCUT2D eigenvalue weighted by molar-refractivity contribution is 0.238. The lowest BCUT2D eigenvalue weighted by Gasteiger charge is -2.33. The molecule has 0 aliphatic heterocycles. The topological polar surface area (TPSA) is 54.7 Å². The highest BCUT2D eigenvalue weighted by Gasteiger charge is 2.35. The predicted octanol–water partition coefficient (Wildman–Crippen LogP) is 3.25. The van der Waals surface area contributed by atoms with E-state index in [9.17, 15) is 8.42 Å². The molecule has 0 aromatic carbocycles. The lowest BCUT2D eigenvalue weighted by Crippen LogP contribution is -2.40. The minimum absolute atomic E-state index is 0.0407. The normalized spacial score (nSPS) is 24.0. The number of imidazole rings is 1. The summed E-state index contributed by atoms with van der Waals surface area (Å²) in [7, 11) is -1.98. The van der Waals surface area contributed by atoms with Gasteiger partial charge in [0.25, 0.3) is 10.0 Å². The molecular weight excluding hydrogens is 330 g/mol. The van der Waals surface area contributed by atoms with Gasteiger partial charge in [-0.3, -0.25) is 4.40 Å². The van der Waals surface area contributed by atoms with Gasteiger partial charge in [0, 0.05) is 24.7 Å². The van der Waals surface area contributed by atoms with E-state index in [0.29, 0.717) is 10.9 Å². The molecule has 0 bridgehead atoms. The Morgan fingerprint density at radius 2 is 2.24 bits per heavy atom. The van der Waals surface area contributed by atoms with Crippen molar-refractivity contribution in [2.45, 2.75) is 43.7 Å². The third kappa shape index (κ3) is 2.60. The maximum Gasteiger partial charge on any atom is 0.262 e. The van der Waals surface area contributed by atoms with Gasteiger partial charge < -0.3 is 0 Å². The van der Waals surface area contributed by atoms with Gasteiger partial charge >= 0.3 is 0 Å². The average molecular weight is 348 g/mol. The van der Waals surface area contributed by atoms with Gasteiger partial charge in [-0.2, -0.15) is 4.31 Å². The Morgan fingerprint density at radius 1 is 1.48 bits per heavy atom. The molecule has 0 N–H and O–H groups in total. The number of aromatic nitrogens is 2. The standard InChI is InChI=1S/C13H18ClN3O2S2/c1-9-4-3-5-10(8-9)16(2)21(18,19)12-11(14)15-13-17(12)6-7-20-13/h6-7,9-10H,3-5,8H2,1-2H3. The van der Waals surface area contributed by atoms with Gasteiger partial charge in [-0.15, -0.1) is 11.3 Å². The van der Waals surface area contributed by atoms with Gasteiger partial charge in [0.2, 0.25) is 0 Å². The molecule has 1 aliphatic carbocycles. The van der Waals surface area contributed by atoms with Crippen LogP contribution in [0.1, 0.15) is 32.6 Å². The minimum atomic E-state index is -3.64. The Hall–Kier alpha value is -0.630. The zero-order valence-electron chi connectivity index (χ0n) is 12.0. The number of rotatable bonds is 3. The third-order valence-corrected chi connectivity index (χ3v) is 7.29. The fourth-order valence-corrected chi connectivity index (χ4v) is 5.83. The van der Waals surface area contributed by atoms with Gasteiger partial charge in [-0.1, -0.05) is 31.4 Å². The summed E-state index contributed by atoms with van der Waals surface area (Å²) in [6.07, 6.45) is 5.75. The Balaban J connectivity index is 1.99. The van der Waals surface area contributed by atoms with Crippen LogP contribution >= 0.6 is 22.9 Å². The highest BCUT2D eigenvalue weighted by Crippen LogP contribution is 2.32. The summed E-state index contributed by atoms with van der Waals surface area (Å²) in [6.45, 7) is 2.18. The Labute approximate surface area is 133 Å². The smallest absolute Gasteiger partial charge is 0.262 e. The Morgan fingerprint density at radius 3 is 2.95 bits per heavy atom. The first-order valence-corrected chi connectivity index (χ1v) is 9.70. The van der Waals surface area contributed by atoms with Crippen molar-refractivity contribution in [3.05, 3.63) is 16.7 Å². The van der Waals surface area contributed by atoms with Crippen molar-refractivity contribution in [2.24, 2.45) is 5.92 Å². The van der Waals surface area contributed by atoms with E-state index in [4.69, 9.17) is 11.6 Å². The highest BCUT2D eigenvalue weighted by atomic mass is 35.5. The van der Waals surface area contributed by atoms with E-state index in [1.165, 1.54) is 22.1 Å². The number of hydrogen-bond acceptors (Lipinski definition) is 4. The summed E-state index contributed by atoms with van der Waals surface area (Å²) in [6, 6.07) is 0.0407. The van der Waals surface area contributed by atoms with Gasteiger partial charge in [-0.25, -0.2) is 13.4 Å². The zero-order valence-corrected chi connectivity index (χ0v) is 14.4. The van der Waals surface area contributed by atoms with E-state index >= 15 is 0 Å². The van der Waals surface area contributed by atoms with Crippen LogP contribution in [-0.2, 0) is 10.0 Å². The van der Waals surface area contributed by atoms with Crippen LogP contribution in [0.15, 0.2) is 16.6 Å². The predicted molar refractivity (Wildman–Crippen MR) is 84.4 cm³/mol. The molecule has 2 aromatic heterocycles. The SMILES string of the molecule is CC1CCCC(N(C)S(=O)(=O)c2c(Cl)nc3sccn23)C1. The molecule has 1 aliphatic rings. The summed E-state index contributed by atoms with van der Waals surface area (Å²) >= 11 is 7.44. The van der Waals surface area contributed by atoms with Crippen LogP contribution in [0.3, 0.4) is 0 Å². The van der Waals surface area contributed by atoms with Crippen molar-refractivity contribution in [1.82, 2.24) is 13.7 Å². The van der Waals surface area contributed by atoms with Crippen LogP contribution < -0.4 is 0 Å². The van der Waals surface area contributed by atoms with E-state index < -0.39 is 10.0 Å². The minimum Gasteiger partial charge on any atom is -0.279 e. The molecule has 1 saturated carbocycles. The molecule has 1 fully saturated rings. The van der Waals surface area contributed by atoms with Gasteiger partial charge in [0.1, 0.15) is 0 Å². The molecule has 2 heterocycles. The molecule has 3 rings (SSSR count). The largest absolute Gasteiger partial charge is 0.279 e. The number of halogens is 1. The molecule has 0 saturated heterocycles. The first kappa shape index (κ1) is 15.3. The first-order valence-electron chi connectivity index (χ1n) is 7.00. The molecule has 0 amide bonds. The van der Waals surface area contributed by atoms with E-state index in [-0.39, 0.29) is 16.2 Å². The number of fused-ring (bicyclic) bond motifs is 1. The van der Waals surface area contributed by atoms with Crippen LogP contribution in [0.5, 0.6) is 0 Å². The fraction of sp³-hybridized carbons (Fsp3) is 0.615. The molecular formula is C13H18ClN3O2S2. The number of thiazole rings is 1. The summed E-state index contributed by atoms with van der Waals surface area (Å²) in [4.78, 5) is 4.72. The number of nitrogens with zero attached hydrogens (tertiary/aromatic N) is 3. The maximum atomic E-state index is 12.9. The van der Waals surface area contributed by atoms with E-state index in [2.05, 4.69) is 11.9 Å². The Kier molecular flexibility index (Phi) is 4.02. The van der Waals surface area contributed by atoms with Crippen LogP contribution in [0.4, 0.5) is 0 Å². The molecule has 2 aromatic rings. The molecule has 0 radical (unpaired) electrons. The zero-order chi connectivity index (χ0) is 15.2. The van der Waals surface area contributed by atoms with Crippen LogP contribution in [0.2, 0.25) is 5.15 Å². The summed E-state index contributed by atoms with van der Waals surface area (Å²) < 4.78 is 28.9. The monoisotopic (exact) mass is 347 g/mol. The molecule has 8 heteroatoms. The van der Waals surface area contributed by atoms with Crippen molar-refractivity contribution in [2.75, 3.05) is 7.05 Å². The van der Waals surface area contributed by atoms with E-state index in [1.807, 2.05) is 0 Å². The van der Waals surface area contributed by atoms with Crippen molar-refractivity contribution in [3.8, 4) is 0 Å². The fourth-order valence-electron chi connectivity index (χ4n) is 3.03. The lowest BCUT2D eigenvalue weighted by atomic mass is 9.87. The first-order chi connectivity index (χ1) is 9.91. The summed E-state index contributed by atoms with van der Waals surface area (Å²) in [5, 5.41) is 1.94. The molecule has 2 atom stereocenters. The van der Waals surface area contributed by atoms with Gasteiger partial charge in [-0.05, 0) is 18.8 Å². The van der Waals surface area contributed by atoms with E-state index in [0.717, 1.165) is 19.3 Å². The second kappa shape index (κ2) is 5.53. The quantitative estimate of drug-likeness (QED) is 0.856. The molecule has 5 nitrogen and oxygen atoms in total. The van der Waals surface area contributed by atoms with Gasteiger partial charge in [0.15, 0.2) is 15.1 Å². The third-order valence-electron chi connectivity index (χ3n) is 4.22. The summed E-state index contributed by atoms with van der Waals surface area (Å²) in [5.41, 5.74) is 0. The molecule has 2 unspecified atom stereocenters. The van der Waals surface area contributed by atoms with E-state index in [1.54, 1.807) is 23.0 Å². The van der Waals surface area contributed by atoms with Crippen molar-refractivity contribution < 1.29 is 8.42 Å². The highest BCUT2D eigenvalue weighted by molar-refractivity contribution is 7.89. The second-order valence-corrected chi connectivity index (χ2v) is 8.85. The van der Waals surface area contributed by atoms with Crippen LogP contribution in [-0.4, -0.2) is 35.2 Å². The van der Waals surface area contributed by atoms with Crippen molar-refractivity contribution >= 4 is 37.9 Å². The second-order valence-electron chi connectivity index (χ2n) is 5.71. The molecule has 116 valence electrons. The maximum absolute atomic E-state index is 12.9. The molecule has 21 heavy (non-hydrogen) atoms. The average Bonchev–Trinajstić information content (AvgIpc) is 2.97. The van der Waals surface area contributed by atoms with Crippen LogP contribution in [0, 0.1) is 5.92 Å². The van der Waals surface area contributed by atoms with Crippen molar-refractivity contribution in [1.29, 1.82) is 0 Å². The van der Waals surface area contributed by atoms with Gasteiger partial charge in [0.05, 0.1) is 0 Å². The van der Waals surface area contributed by atoms with Crippen molar-refractivity contribution in [3.63, 3.8) is 0 Å². The summed E-state index contributed by atoms with van der Waals surface area (Å²) in [5.74, 6) is 0.559. The Bertz CT molecular complexity index is 753. The molecule has 0 spiro atoms. The van der Waals surface area contributed by atoms with Crippen LogP contribution in [0.25, 0.3) is 4.96 Å². The number of hydrogen-bond donors (Lipinski definition) is 0.